The Kier molecular flexibility index (Phi) is 5.88. The molecule has 1 amide bonds. The lowest BCUT2D eigenvalue weighted by atomic mass is 9.75. The van der Waals surface area contributed by atoms with Gasteiger partial charge in [-0.15, -0.1) is 0 Å². The first-order chi connectivity index (χ1) is 13.0. The van der Waals surface area contributed by atoms with Crippen LogP contribution in [-0.4, -0.2) is 37.2 Å². The average Bonchev–Trinajstić information content (AvgIpc) is 3.03. The van der Waals surface area contributed by atoms with Gasteiger partial charge in [-0.25, -0.2) is 4.39 Å². The summed E-state index contributed by atoms with van der Waals surface area (Å²) in [4.78, 5) is 24.1. The lowest BCUT2D eigenvalue weighted by molar-refractivity contribution is -0.142. The van der Waals surface area contributed by atoms with Crippen molar-refractivity contribution < 1.29 is 28.4 Å². The first kappa shape index (κ1) is 19.1. The van der Waals surface area contributed by atoms with Crippen LogP contribution in [0.3, 0.4) is 0 Å². The summed E-state index contributed by atoms with van der Waals surface area (Å²) in [6.07, 6.45) is 0.460. The zero-order chi connectivity index (χ0) is 19.4. The number of hydrogen-bond donors (Lipinski definition) is 2. The first-order valence-electron chi connectivity index (χ1n) is 8.56. The fourth-order valence-corrected chi connectivity index (χ4v) is 2.98. The molecule has 6 nitrogen and oxygen atoms in total. The number of rotatable bonds is 6. The molecule has 1 aliphatic heterocycles. The number of benzene rings is 2. The van der Waals surface area contributed by atoms with E-state index in [2.05, 4.69) is 5.32 Å². The zero-order valence-corrected chi connectivity index (χ0v) is 14.8. The van der Waals surface area contributed by atoms with Gasteiger partial charge in [-0.1, -0.05) is 18.2 Å². The molecule has 0 unspecified atom stereocenters. The Hall–Kier alpha value is -2.71. The van der Waals surface area contributed by atoms with Crippen molar-refractivity contribution in [3.05, 3.63) is 64.5 Å². The summed E-state index contributed by atoms with van der Waals surface area (Å²) < 4.78 is 23.1. The topological polar surface area (TPSA) is 84.9 Å². The molecule has 0 atom stereocenters. The van der Waals surface area contributed by atoms with Crippen LogP contribution in [0, 0.1) is 12.7 Å². The lowest BCUT2D eigenvalue weighted by Crippen LogP contribution is -2.35. The molecule has 1 heterocycles. The standard InChI is InChI=1S/C19H19BFNO5/c1-12-16(7-4-14-11-27-20(25)18(12)14)19(24)22-10-17(23)26-9-8-13-2-5-15(21)6-3-13/h2-7,25H,8-11H2,1H3,(H,22,24). The lowest BCUT2D eigenvalue weighted by Gasteiger charge is -2.11. The molecule has 2 N–H and O–H groups in total. The predicted molar refractivity (Wildman–Crippen MR) is 97.0 cm³/mol. The second kappa shape index (κ2) is 8.32. The van der Waals surface area contributed by atoms with Crippen molar-refractivity contribution >= 4 is 24.5 Å². The van der Waals surface area contributed by atoms with Crippen molar-refractivity contribution in [3.63, 3.8) is 0 Å². The minimum absolute atomic E-state index is 0.141. The van der Waals surface area contributed by atoms with E-state index in [1.165, 1.54) is 12.1 Å². The molecule has 0 aromatic heterocycles. The number of fused-ring (bicyclic) bond motifs is 1. The van der Waals surface area contributed by atoms with Crippen molar-refractivity contribution in [3.8, 4) is 0 Å². The van der Waals surface area contributed by atoms with Crippen molar-refractivity contribution in [1.29, 1.82) is 0 Å². The van der Waals surface area contributed by atoms with Crippen LogP contribution in [0.5, 0.6) is 0 Å². The fraction of sp³-hybridized carbons (Fsp3) is 0.263. The molecule has 0 saturated heterocycles. The van der Waals surface area contributed by atoms with E-state index in [0.29, 0.717) is 29.6 Å². The van der Waals surface area contributed by atoms with Crippen LogP contribution in [0.4, 0.5) is 4.39 Å². The molecule has 140 valence electrons. The number of amides is 1. The second-order valence-corrected chi connectivity index (χ2v) is 6.25. The highest BCUT2D eigenvalue weighted by atomic mass is 19.1. The van der Waals surface area contributed by atoms with Crippen LogP contribution in [0.15, 0.2) is 36.4 Å². The molecular weight excluding hydrogens is 352 g/mol. The third-order valence-electron chi connectivity index (χ3n) is 4.45. The van der Waals surface area contributed by atoms with Crippen molar-refractivity contribution in [2.24, 2.45) is 0 Å². The van der Waals surface area contributed by atoms with Gasteiger partial charge in [0.05, 0.1) is 13.2 Å². The molecule has 0 radical (unpaired) electrons. The number of carbonyl (C=O) groups excluding carboxylic acids is 2. The smallest absolute Gasteiger partial charge is 0.464 e. The fourth-order valence-electron chi connectivity index (χ4n) is 2.98. The van der Waals surface area contributed by atoms with Crippen LogP contribution in [-0.2, 0) is 27.2 Å². The van der Waals surface area contributed by atoms with E-state index in [9.17, 15) is 19.0 Å². The van der Waals surface area contributed by atoms with Crippen LogP contribution in [0.1, 0.15) is 27.0 Å². The van der Waals surface area contributed by atoms with Gasteiger partial charge in [-0.05, 0) is 47.3 Å². The first-order valence-corrected chi connectivity index (χ1v) is 8.56. The van der Waals surface area contributed by atoms with E-state index in [0.717, 1.165) is 11.1 Å². The van der Waals surface area contributed by atoms with E-state index in [1.807, 2.05) is 0 Å². The summed E-state index contributed by atoms with van der Waals surface area (Å²) in [5, 5.41) is 12.4. The van der Waals surface area contributed by atoms with Gasteiger partial charge in [0.15, 0.2) is 0 Å². The SMILES string of the molecule is Cc1c(C(=O)NCC(=O)OCCc2ccc(F)cc2)ccc2c1B(O)OC2. The Morgan fingerprint density at radius 1 is 1.26 bits per heavy atom. The highest BCUT2D eigenvalue weighted by Crippen LogP contribution is 2.16. The molecule has 0 saturated carbocycles. The monoisotopic (exact) mass is 371 g/mol. The van der Waals surface area contributed by atoms with Gasteiger partial charge >= 0.3 is 13.1 Å². The molecule has 0 bridgehead atoms. The van der Waals surface area contributed by atoms with Crippen LogP contribution >= 0.6 is 0 Å². The molecule has 0 spiro atoms. The van der Waals surface area contributed by atoms with Crippen molar-refractivity contribution in [2.75, 3.05) is 13.2 Å². The Balaban J connectivity index is 1.48. The van der Waals surface area contributed by atoms with Gasteiger partial charge in [0.25, 0.3) is 5.91 Å². The van der Waals surface area contributed by atoms with Gasteiger partial charge in [0.2, 0.25) is 0 Å². The molecule has 0 aliphatic carbocycles. The minimum Gasteiger partial charge on any atom is -0.464 e. The van der Waals surface area contributed by atoms with E-state index in [-0.39, 0.29) is 19.0 Å². The predicted octanol–water partition coefficient (Wildman–Crippen LogP) is 0.868. The Bertz CT molecular complexity index is 856. The van der Waals surface area contributed by atoms with Crippen molar-refractivity contribution in [1.82, 2.24) is 5.32 Å². The van der Waals surface area contributed by atoms with E-state index in [1.54, 1.807) is 31.2 Å². The molecule has 2 aromatic carbocycles. The van der Waals surface area contributed by atoms with Crippen LogP contribution in [0.2, 0.25) is 0 Å². The minimum atomic E-state index is -1.04. The number of carbonyl (C=O) groups is 2. The third kappa shape index (κ3) is 4.53. The van der Waals surface area contributed by atoms with Gasteiger partial charge in [0.1, 0.15) is 12.4 Å². The molecule has 8 heteroatoms. The summed E-state index contributed by atoms with van der Waals surface area (Å²) in [5.41, 5.74) is 3.29. The Labute approximate surface area is 156 Å². The maximum absolute atomic E-state index is 12.8. The number of hydrogen-bond acceptors (Lipinski definition) is 5. The summed E-state index contributed by atoms with van der Waals surface area (Å²) in [7, 11) is -1.04. The highest BCUT2D eigenvalue weighted by molar-refractivity contribution is 6.62. The third-order valence-corrected chi connectivity index (χ3v) is 4.45. The molecule has 1 aliphatic rings. The Morgan fingerprint density at radius 3 is 2.74 bits per heavy atom. The van der Waals surface area contributed by atoms with Gasteiger partial charge < -0.3 is 19.7 Å². The number of ether oxygens (including phenoxy) is 1. The quantitative estimate of drug-likeness (QED) is 0.582. The maximum Gasteiger partial charge on any atom is 0.492 e. The Morgan fingerprint density at radius 2 is 2.00 bits per heavy atom. The molecule has 27 heavy (non-hydrogen) atoms. The van der Waals surface area contributed by atoms with Gasteiger partial charge in [0, 0.05) is 12.0 Å². The van der Waals surface area contributed by atoms with Gasteiger partial charge in [-0.2, -0.15) is 0 Å². The van der Waals surface area contributed by atoms with Crippen molar-refractivity contribution in [2.45, 2.75) is 20.0 Å². The van der Waals surface area contributed by atoms with E-state index >= 15 is 0 Å². The molecule has 3 rings (SSSR count). The molecule has 2 aromatic rings. The van der Waals surface area contributed by atoms with E-state index in [4.69, 9.17) is 9.39 Å². The molecule has 0 fully saturated rings. The van der Waals surface area contributed by atoms with Gasteiger partial charge in [-0.3, -0.25) is 9.59 Å². The average molecular weight is 371 g/mol. The largest absolute Gasteiger partial charge is 0.492 e. The summed E-state index contributed by atoms with van der Waals surface area (Å²) in [6, 6.07) is 9.31. The summed E-state index contributed by atoms with van der Waals surface area (Å²) >= 11 is 0. The highest BCUT2D eigenvalue weighted by Gasteiger charge is 2.31. The summed E-state index contributed by atoms with van der Waals surface area (Å²) in [6.45, 7) is 1.91. The normalized spacial score (nSPS) is 12.6. The summed E-state index contributed by atoms with van der Waals surface area (Å²) in [5.74, 6) is -1.31. The van der Waals surface area contributed by atoms with E-state index < -0.39 is 19.0 Å². The number of halogens is 1. The van der Waals surface area contributed by atoms with Crippen LogP contribution < -0.4 is 10.8 Å². The number of nitrogens with one attached hydrogen (secondary N) is 1. The zero-order valence-electron chi connectivity index (χ0n) is 14.8. The second-order valence-electron chi connectivity index (χ2n) is 6.25. The number of esters is 1. The van der Waals surface area contributed by atoms with Crippen LogP contribution in [0.25, 0.3) is 0 Å². The maximum atomic E-state index is 12.8. The molecular formula is C19H19BFNO5.